The SMILES string of the molecule is CCC(C)(C)c1cc(F)c(C(C)(C)CC)c(F)c1. The summed E-state index contributed by atoms with van der Waals surface area (Å²) in [6.45, 7) is 11.7. The molecule has 0 aromatic heterocycles. The lowest BCUT2D eigenvalue weighted by atomic mass is 9.77. The van der Waals surface area contributed by atoms with Gasteiger partial charge in [-0.2, -0.15) is 0 Å². The molecule has 1 aromatic rings. The maximum absolute atomic E-state index is 14.2. The summed E-state index contributed by atoms with van der Waals surface area (Å²) in [5.41, 5.74) is 0.274. The van der Waals surface area contributed by atoms with Gasteiger partial charge in [0.1, 0.15) is 11.6 Å². The molecule has 0 saturated carbocycles. The zero-order valence-electron chi connectivity index (χ0n) is 12.3. The molecule has 1 aromatic carbocycles. The van der Waals surface area contributed by atoms with Crippen molar-refractivity contribution in [3.8, 4) is 0 Å². The highest BCUT2D eigenvalue weighted by atomic mass is 19.1. The van der Waals surface area contributed by atoms with Gasteiger partial charge in [0.05, 0.1) is 0 Å². The molecule has 0 aliphatic carbocycles. The lowest BCUT2D eigenvalue weighted by Crippen LogP contribution is -2.22. The van der Waals surface area contributed by atoms with Crippen molar-refractivity contribution in [1.82, 2.24) is 0 Å². The van der Waals surface area contributed by atoms with Gasteiger partial charge in [-0.1, -0.05) is 41.5 Å². The predicted octanol–water partition coefficient (Wildman–Crippen LogP) is 5.34. The van der Waals surface area contributed by atoms with Gasteiger partial charge in [0.25, 0.3) is 0 Å². The molecule has 0 saturated heterocycles. The van der Waals surface area contributed by atoms with Crippen molar-refractivity contribution < 1.29 is 8.78 Å². The van der Waals surface area contributed by atoms with Crippen molar-refractivity contribution in [1.29, 1.82) is 0 Å². The average Bonchev–Trinajstić information content (AvgIpc) is 2.27. The molecule has 0 N–H and O–H groups in total. The van der Waals surface area contributed by atoms with E-state index in [1.165, 1.54) is 12.1 Å². The molecular formula is C16H24F2. The molecule has 0 atom stereocenters. The number of rotatable bonds is 4. The first kappa shape index (κ1) is 15.1. The van der Waals surface area contributed by atoms with Gasteiger partial charge in [-0.3, -0.25) is 0 Å². The van der Waals surface area contributed by atoms with E-state index in [0.29, 0.717) is 6.42 Å². The summed E-state index contributed by atoms with van der Waals surface area (Å²) < 4.78 is 28.4. The van der Waals surface area contributed by atoms with Crippen LogP contribution in [0, 0.1) is 11.6 Å². The second-order valence-electron chi connectivity index (χ2n) is 6.29. The first-order chi connectivity index (χ1) is 8.15. The van der Waals surface area contributed by atoms with E-state index < -0.39 is 17.0 Å². The lowest BCUT2D eigenvalue weighted by Gasteiger charge is -2.28. The molecule has 0 radical (unpaired) electrons. The van der Waals surface area contributed by atoms with Crippen LogP contribution in [0.4, 0.5) is 8.78 Å². The minimum absolute atomic E-state index is 0.198. The van der Waals surface area contributed by atoms with Crippen LogP contribution in [0.3, 0.4) is 0 Å². The van der Waals surface area contributed by atoms with Crippen LogP contribution in [0.25, 0.3) is 0 Å². The molecule has 0 aliphatic rings. The van der Waals surface area contributed by atoms with Gasteiger partial charge in [-0.15, -0.1) is 0 Å². The van der Waals surface area contributed by atoms with Crippen molar-refractivity contribution in [3.05, 3.63) is 34.9 Å². The number of halogens is 2. The summed E-state index contributed by atoms with van der Waals surface area (Å²) in [5.74, 6) is -0.836. The minimum Gasteiger partial charge on any atom is -0.207 e. The van der Waals surface area contributed by atoms with Crippen LogP contribution in [0.15, 0.2) is 12.1 Å². The molecule has 2 heteroatoms. The quantitative estimate of drug-likeness (QED) is 0.680. The van der Waals surface area contributed by atoms with E-state index >= 15 is 0 Å². The van der Waals surface area contributed by atoms with Gasteiger partial charge >= 0.3 is 0 Å². The molecule has 0 amide bonds. The molecule has 18 heavy (non-hydrogen) atoms. The molecular weight excluding hydrogens is 230 g/mol. The number of hydrogen-bond acceptors (Lipinski definition) is 0. The fraction of sp³-hybridized carbons (Fsp3) is 0.625. The first-order valence-electron chi connectivity index (χ1n) is 6.65. The second kappa shape index (κ2) is 4.99. The Hall–Kier alpha value is -0.920. The third-order valence-corrected chi connectivity index (χ3v) is 4.27. The minimum atomic E-state index is -0.469. The maximum Gasteiger partial charge on any atom is 0.130 e. The van der Waals surface area contributed by atoms with Gasteiger partial charge in [-0.05, 0) is 41.4 Å². The zero-order valence-corrected chi connectivity index (χ0v) is 12.3. The summed E-state index contributed by atoms with van der Waals surface area (Å²) in [6, 6.07) is 3.00. The lowest BCUT2D eigenvalue weighted by molar-refractivity contribution is 0.426. The van der Waals surface area contributed by atoms with Gasteiger partial charge in [0, 0.05) is 5.56 Å². The van der Waals surface area contributed by atoms with E-state index in [-0.39, 0.29) is 11.0 Å². The second-order valence-corrected chi connectivity index (χ2v) is 6.29. The van der Waals surface area contributed by atoms with Crippen LogP contribution in [-0.2, 0) is 10.8 Å². The van der Waals surface area contributed by atoms with Gasteiger partial charge in [0.15, 0.2) is 0 Å². The molecule has 0 aliphatic heterocycles. The van der Waals surface area contributed by atoms with Crippen LogP contribution in [0.2, 0.25) is 0 Å². The van der Waals surface area contributed by atoms with Crippen LogP contribution >= 0.6 is 0 Å². The Kier molecular flexibility index (Phi) is 4.19. The van der Waals surface area contributed by atoms with E-state index in [4.69, 9.17) is 0 Å². The van der Waals surface area contributed by atoms with Gasteiger partial charge in [-0.25, -0.2) is 8.78 Å². The highest BCUT2D eigenvalue weighted by molar-refractivity contribution is 5.34. The Morgan fingerprint density at radius 1 is 0.833 bits per heavy atom. The molecule has 0 spiro atoms. The topological polar surface area (TPSA) is 0 Å². The van der Waals surface area contributed by atoms with Crippen LogP contribution < -0.4 is 0 Å². The monoisotopic (exact) mass is 254 g/mol. The van der Waals surface area contributed by atoms with E-state index in [9.17, 15) is 8.78 Å². The van der Waals surface area contributed by atoms with E-state index in [2.05, 4.69) is 0 Å². The Morgan fingerprint density at radius 2 is 1.22 bits per heavy atom. The average molecular weight is 254 g/mol. The van der Waals surface area contributed by atoms with Crippen molar-refractivity contribution >= 4 is 0 Å². The Balaban J connectivity index is 3.39. The largest absolute Gasteiger partial charge is 0.207 e. The Bertz CT molecular complexity index is 408. The standard InChI is InChI=1S/C16H24F2/c1-7-15(3,4)11-9-12(17)14(13(18)10-11)16(5,6)8-2/h9-10H,7-8H2,1-6H3. The molecule has 0 unspecified atom stereocenters. The summed E-state index contributed by atoms with van der Waals surface area (Å²) in [7, 11) is 0. The smallest absolute Gasteiger partial charge is 0.130 e. The van der Waals surface area contributed by atoms with Gasteiger partial charge in [0.2, 0.25) is 0 Å². The predicted molar refractivity (Wildman–Crippen MR) is 73.0 cm³/mol. The van der Waals surface area contributed by atoms with Gasteiger partial charge < -0.3 is 0 Å². The number of benzene rings is 1. The summed E-state index contributed by atoms with van der Waals surface area (Å²) in [5, 5.41) is 0. The molecule has 102 valence electrons. The molecule has 0 bridgehead atoms. The van der Waals surface area contributed by atoms with Crippen molar-refractivity contribution in [2.75, 3.05) is 0 Å². The Labute approximate surface area is 109 Å². The van der Waals surface area contributed by atoms with Crippen molar-refractivity contribution in [3.63, 3.8) is 0 Å². The van der Waals surface area contributed by atoms with Crippen LogP contribution in [0.1, 0.15) is 65.5 Å². The van der Waals surface area contributed by atoms with Crippen LogP contribution in [0.5, 0.6) is 0 Å². The van der Waals surface area contributed by atoms with E-state index in [1.807, 2.05) is 41.5 Å². The van der Waals surface area contributed by atoms with Crippen molar-refractivity contribution in [2.45, 2.75) is 65.2 Å². The highest BCUT2D eigenvalue weighted by Crippen LogP contribution is 2.35. The fourth-order valence-electron chi connectivity index (χ4n) is 1.99. The third-order valence-electron chi connectivity index (χ3n) is 4.27. The third kappa shape index (κ3) is 2.73. The highest BCUT2D eigenvalue weighted by Gasteiger charge is 2.29. The molecule has 1 rings (SSSR count). The number of hydrogen-bond donors (Lipinski definition) is 0. The Morgan fingerprint density at radius 3 is 1.56 bits per heavy atom. The normalized spacial score (nSPS) is 12.9. The molecule has 0 heterocycles. The summed E-state index contributed by atoms with van der Waals surface area (Å²) in [4.78, 5) is 0. The summed E-state index contributed by atoms with van der Waals surface area (Å²) in [6.07, 6.45) is 1.56. The molecule has 0 fully saturated rings. The molecule has 0 nitrogen and oxygen atoms in total. The van der Waals surface area contributed by atoms with E-state index in [1.54, 1.807) is 0 Å². The van der Waals surface area contributed by atoms with Crippen LogP contribution in [-0.4, -0.2) is 0 Å². The zero-order chi connectivity index (χ0) is 14.1. The summed E-state index contributed by atoms with van der Waals surface area (Å²) >= 11 is 0. The fourth-order valence-corrected chi connectivity index (χ4v) is 1.99. The van der Waals surface area contributed by atoms with E-state index in [0.717, 1.165) is 12.0 Å². The first-order valence-corrected chi connectivity index (χ1v) is 6.65. The van der Waals surface area contributed by atoms with Crippen molar-refractivity contribution in [2.24, 2.45) is 0 Å². The maximum atomic E-state index is 14.2.